The van der Waals surface area contributed by atoms with Gasteiger partial charge in [0.25, 0.3) is 5.91 Å². The number of carbonyl (C=O) groups excluding carboxylic acids is 2. The van der Waals surface area contributed by atoms with E-state index in [9.17, 15) is 14.4 Å². The SMILES string of the molecule is CC[C@H](CC(=O)O)NC(=O)c1cnc(CNC(=O)OCC2c3ccccc3-c3ccccc32)s1. The number of rotatable bonds is 9. The maximum absolute atomic E-state index is 12.4. The van der Waals surface area contributed by atoms with E-state index in [0.717, 1.165) is 33.6 Å². The summed E-state index contributed by atoms with van der Waals surface area (Å²) in [5.41, 5.74) is 4.60. The molecule has 0 radical (unpaired) electrons. The summed E-state index contributed by atoms with van der Waals surface area (Å²) >= 11 is 1.14. The normalized spacial score (nSPS) is 13.0. The van der Waals surface area contributed by atoms with E-state index >= 15 is 0 Å². The van der Waals surface area contributed by atoms with Crippen molar-refractivity contribution in [3.63, 3.8) is 0 Å². The number of hydrogen-bond donors (Lipinski definition) is 3. The molecule has 0 unspecified atom stereocenters. The van der Waals surface area contributed by atoms with Gasteiger partial charge in [-0.25, -0.2) is 9.78 Å². The van der Waals surface area contributed by atoms with Crippen molar-refractivity contribution in [3.05, 3.63) is 75.7 Å². The minimum absolute atomic E-state index is 0.0226. The van der Waals surface area contributed by atoms with Crippen LogP contribution in [0.25, 0.3) is 11.1 Å². The first-order chi connectivity index (χ1) is 16.5. The number of aliphatic carboxylic acids is 1. The van der Waals surface area contributed by atoms with Gasteiger partial charge in [-0.15, -0.1) is 11.3 Å². The van der Waals surface area contributed by atoms with Crippen LogP contribution < -0.4 is 10.6 Å². The van der Waals surface area contributed by atoms with E-state index in [1.165, 1.54) is 6.20 Å². The topological polar surface area (TPSA) is 118 Å². The molecule has 0 saturated heterocycles. The first-order valence-electron chi connectivity index (χ1n) is 11.0. The minimum atomic E-state index is -0.968. The summed E-state index contributed by atoms with van der Waals surface area (Å²) in [6.07, 6.45) is 1.22. The van der Waals surface area contributed by atoms with E-state index in [2.05, 4.69) is 39.9 Å². The molecule has 8 nitrogen and oxygen atoms in total. The fraction of sp³-hybridized carbons (Fsp3) is 0.280. The maximum atomic E-state index is 12.4. The number of amides is 2. The number of fused-ring (bicyclic) bond motifs is 3. The zero-order valence-electron chi connectivity index (χ0n) is 18.6. The van der Waals surface area contributed by atoms with Gasteiger partial charge in [-0.3, -0.25) is 9.59 Å². The molecule has 3 N–H and O–H groups in total. The van der Waals surface area contributed by atoms with Gasteiger partial charge in [0, 0.05) is 12.0 Å². The van der Waals surface area contributed by atoms with Crippen molar-refractivity contribution in [1.82, 2.24) is 15.6 Å². The standard InChI is InChI=1S/C25H25N3O5S/c1-2-15(11-23(29)30)28-24(31)21-12-26-22(34-21)13-27-25(32)33-14-20-18-9-5-3-7-16(18)17-8-4-6-10-19(17)20/h3-10,12,15,20H,2,11,13-14H2,1H3,(H,27,32)(H,28,31)(H,29,30)/t15-/m1/s1. The van der Waals surface area contributed by atoms with Gasteiger partial charge in [-0.2, -0.15) is 0 Å². The van der Waals surface area contributed by atoms with Crippen molar-refractivity contribution in [2.75, 3.05) is 6.61 Å². The average molecular weight is 480 g/mol. The summed E-state index contributed by atoms with van der Waals surface area (Å²) < 4.78 is 5.51. The summed E-state index contributed by atoms with van der Waals surface area (Å²) in [6.45, 7) is 2.15. The van der Waals surface area contributed by atoms with Crippen molar-refractivity contribution in [2.24, 2.45) is 0 Å². The predicted molar refractivity (Wildman–Crippen MR) is 128 cm³/mol. The number of thiazole rings is 1. The van der Waals surface area contributed by atoms with Crippen molar-refractivity contribution < 1.29 is 24.2 Å². The van der Waals surface area contributed by atoms with Gasteiger partial charge in [0.05, 0.1) is 19.2 Å². The number of ether oxygens (including phenoxy) is 1. The zero-order chi connectivity index (χ0) is 24.1. The Morgan fingerprint density at radius 3 is 2.35 bits per heavy atom. The van der Waals surface area contributed by atoms with Gasteiger partial charge in [0.2, 0.25) is 0 Å². The second-order valence-electron chi connectivity index (χ2n) is 7.97. The Kier molecular flexibility index (Phi) is 7.22. The molecule has 1 atom stereocenters. The lowest BCUT2D eigenvalue weighted by molar-refractivity contribution is -0.137. The van der Waals surface area contributed by atoms with Gasteiger partial charge in [0.1, 0.15) is 16.5 Å². The molecule has 34 heavy (non-hydrogen) atoms. The molecule has 1 heterocycles. The molecule has 1 aliphatic rings. The van der Waals surface area contributed by atoms with Crippen molar-refractivity contribution >= 4 is 29.3 Å². The molecular weight excluding hydrogens is 454 g/mol. The highest BCUT2D eigenvalue weighted by Gasteiger charge is 2.29. The predicted octanol–water partition coefficient (Wildman–Crippen LogP) is 4.16. The number of carboxylic acid groups (broad SMARTS) is 1. The summed E-state index contributed by atoms with van der Waals surface area (Å²) in [5.74, 6) is -1.37. The largest absolute Gasteiger partial charge is 0.481 e. The quantitative estimate of drug-likeness (QED) is 0.424. The molecule has 4 rings (SSSR count). The van der Waals surface area contributed by atoms with Crippen LogP contribution in [0.1, 0.15) is 51.5 Å². The molecule has 9 heteroatoms. The number of alkyl carbamates (subject to hydrolysis) is 1. The summed E-state index contributed by atoms with van der Waals surface area (Å²) in [7, 11) is 0. The van der Waals surface area contributed by atoms with Crippen LogP contribution in [0, 0.1) is 0 Å². The highest BCUT2D eigenvalue weighted by atomic mass is 32.1. The highest BCUT2D eigenvalue weighted by molar-refractivity contribution is 7.13. The van der Waals surface area contributed by atoms with E-state index in [4.69, 9.17) is 9.84 Å². The van der Waals surface area contributed by atoms with Crippen LogP contribution in [0.15, 0.2) is 54.7 Å². The van der Waals surface area contributed by atoms with E-state index in [1.54, 1.807) is 0 Å². The Hall–Kier alpha value is -3.72. The van der Waals surface area contributed by atoms with Crippen molar-refractivity contribution in [2.45, 2.75) is 38.3 Å². The first-order valence-corrected chi connectivity index (χ1v) is 11.8. The summed E-state index contributed by atoms with van der Waals surface area (Å²) in [6, 6.07) is 15.8. The van der Waals surface area contributed by atoms with Crippen LogP contribution in [0.5, 0.6) is 0 Å². The van der Waals surface area contributed by atoms with E-state index < -0.39 is 18.1 Å². The third-order valence-corrected chi connectivity index (χ3v) is 6.75. The van der Waals surface area contributed by atoms with Crippen LogP contribution in [0.3, 0.4) is 0 Å². The third-order valence-electron chi connectivity index (χ3n) is 5.75. The number of nitrogens with zero attached hydrogens (tertiary/aromatic N) is 1. The second kappa shape index (κ2) is 10.5. The Morgan fingerprint density at radius 2 is 1.74 bits per heavy atom. The lowest BCUT2D eigenvalue weighted by atomic mass is 9.98. The molecule has 176 valence electrons. The lowest BCUT2D eigenvalue weighted by Gasteiger charge is -2.14. The Labute approximate surface area is 201 Å². The van der Waals surface area contributed by atoms with Gasteiger partial charge < -0.3 is 20.5 Å². The first kappa shape index (κ1) is 23.4. The van der Waals surface area contributed by atoms with Gasteiger partial charge in [0.15, 0.2) is 0 Å². The smallest absolute Gasteiger partial charge is 0.407 e. The molecule has 1 aliphatic carbocycles. The maximum Gasteiger partial charge on any atom is 0.407 e. The number of hydrogen-bond acceptors (Lipinski definition) is 6. The van der Waals surface area contributed by atoms with Crippen LogP contribution in [0.2, 0.25) is 0 Å². The fourth-order valence-corrected chi connectivity index (χ4v) is 4.82. The number of aromatic nitrogens is 1. The Balaban J connectivity index is 1.30. The molecule has 2 aromatic carbocycles. The van der Waals surface area contributed by atoms with Crippen LogP contribution >= 0.6 is 11.3 Å². The molecule has 0 aliphatic heterocycles. The molecule has 0 fully saturated rings. The van der Waals surface area contributed by atoms with Crippen LogP contribution in [0.4, 0.5) is 4.79 Å². The monoisotopic (exact) mass is 479 g/mol. The summed E-state index contributed by atoms with van der Waals surface area (Å²) in [4.78, 5) is 40.1. The molecule has 0 saturated carbocycles. The molecule has 2 amide bonds. The van der Waals surface area contributed by atoms with E-state index in [-0.39, 0.29) is 31.4 Å². The van der Waals surface area contributed by atoms with E-state index in [1.807, 2.05) is 31.2 Å². The lowest BCUT2D eigenvalue weighted by Crippen LogP contribution is -2.35. The van der Waals surface area contributed by atoms with Gasteiger partial charge >= 0.3 is 12.1 Å². The molecule has 3 aromatic rings. The Bertz CT molecular complexity index is 1160. The fourth-order valence-electron chi connectivity index (χ4n) is 4.06. The van der Waals surface area contributed by atoms with Gasteiger partial charge in [-0.1, -0.05) is 55.5 Å². The van der Waals surface area contributed by atoms with Crippen LogP contribution in [-0.4, -0.2) is 40.7 Å². The van der Waals surface area contributed by atoms with E-state index in [0.29, 0.717) is 16.3 Å². The zero-order valence-corrected chi connectivity index (χ0v) is 19.4. The number of benzene rings is 2. The minimum Gasteiger partial charge on any atom is -0.481 e. The number of carbonyl (C=O) groups is 3. The third kappa shape index (κ3) is 5.26. The summed E-state index contributed by atoms with van der Waals surface area (Å²) in [5, 5.41) is 14.8. The van der Waals surface area contributed by atoms with Crippen molar-refractivity contribution in [3.8, 4) is 11.1 Å². The Morgan fingerprint density at radius 1 is 1.09 bits per heavy atom. The average Bonchev–Trinajstić information content (AvgIpc) is 3.44. The van der Waals surface area contributed by atoms with Gasteiger partial charge in [-0.05, 0) is 28.7 Å². The molecule has 0 bridgehead atoms. The number of carboxylic acids is 1. The van der Waals surface area contributed by atoms with Crippen molar-refractivity contribution in [1.29, 1.82) is 0 Å². The van der Waals surface area contributed by atoms with Crippen LogP contribution in [-0.2, 0) is 16.1 Å². The molecule has 0 spiro atoms. The second-order valence-corrected chi connectivity index (χ2v) is 9.09. The molecule has 1 aromatic heterocycles. The molecular formula is C25H25N3O5S. The number of nitrogens with one attached hydrogen (secondary N) is 2. The highest BCUT2D eigenvalue weighted by Crippen LogP contribution is 2.44.